The predicted octanol–water partition coefficient (Wildman–Crippen LogP) is 2.99. The first kappa shape index (κ1) is 14.1. The molecule has 2 rings (SSSR count). The minimum absolute atomic E-state index is 0.247. The largest absolute Gasteiger partial charge is 0.481 e. The van der Waals surface area contributed by atoms with Crippen molar-refractivity contribution in [1.29, 1.82) is 0 Å². The molecule has 0 aliphatic heterocycles. The van der Waals surface area contributed by atoms with E-state index in [1.807, 2.05) is 30.3 Å². The van der Waals surface area contributed by atoms with Gasteiger partial charge in [-0.2, -0.15) is 0 Å². The maximum absolute atomic E-state index is 13.4. The maximum atomic E-state index is 13.4. The van der Waals surface area contributed by atoms with E-state index in [1.54, 1.807) is 6.92 Å². The van der Waals surface area contributed by atoms with Crippen LogP contribution in [-0.2, 0) is 16.6 Å². The Hall–Kier alpha value is -2.36. The molecule has 0 aromatic heterocycles. The molecule has 0 heterocycles. The van der Waals surface area contributed by atoms with Gasteiger partial charge in [0.25, 0.3) is 0 Å². The molecule has 20 heavy (non-hydrogen) atoms. The molecule has 4 heteroatoms. The Morgan fingerprint density at radius 1 is 1.25 bits per heavy atom. The van der Waals surface area contributed by atoms with E-state index in [2.05, 4.69) is 0 Å². The number of aliphatic carboxylic acids is 1. The minimum atomic E-state index is -1.27. The second-order valence-electron chi connectivity index (χ2n) is 5.03. The summed E-state index contributed by atoms with van der Waals surface area (Å²) in [5.74, 6) is -1.52. The van der Waals surface area contributed by atoms with E-state index >= 15 is 0 Å². The van der Waals surface area contributed by atoms with Crippen LogP contribution in [0.25, 0.3) is 0 Å². The summed E-state index contributed by atoms with van der Waals surface area (Å²) in [6.45, 7) is 1.56. The van der Waals surface area contributed by atoms with Crippen molar-refractivity contribution in [2.24, 2.45) is 0 Å². The van der Waals surface area contributed by atoms with Crippen molar-refractivity contribution in [3.8, 4) is 0 Å². The maximum Gasteiger partial charge on any atom is 0.314 e. The minimum Gasteiger partial charge on any atom is -0.481 e. The highest BCUT2D eigenvalue weighted by atomic mass is 19.1. The van der Waals surface area contributed by atoms with Gasteiger partial charge in [-0.05, 0) is 42.7 Å². The summed E-state index contributed by atoms with van der Waals surface area (Å²) in [5.41, 5.74) is 6.01. The molecule has 0 bridgehead atoms. The van der Waals surface area contributed by atoms with E-state index in [0.29, 0.717) is 5.56 Å². The summed E-state index contributed by atoms with van der Waals surface area (Å²) in [6.07, 6.45) is 0.247. The molecule has 0 saturated heterocycles. The molecule has 0 spiro atoms. The van der Waals surface area contributed by atoms with Gasteiger partial charge in [0.05, 0.1) is 5.41 Å². The SMILES string of the molecule is CC(Cc1ccccc1)(C(=O)O)c1cc(F)ccc1N. The molecule has 2 aromatic rings. The third kappa shape index (κ3) is 2.64. The quantitative estimate of drug-likeness (QED) is 0.842. The van der Waals surface area contributed by atoms with Gasteiger partial charge in [0.2, 0.25) is 0 Å². The number of nitrogen functional groups attached to an aromatic ring is 1. The lowest BCUT2D eigenvalue weighted by Gasteiger charge is -2.27. The standard InChI is InChI=1S/C16H16FNO2/c1-16(15(19)20,10-11-5-3-2-4-6-11)13-9-12(17)7-8-14(13)18/h2-9H,10,18H2,1H3,(H,19,20). The summed E-state index contributed by atoms with van der Waals surface area (Å²) in [7, 11) is 0. The van der Waals surface area contributed by atoms with Gasteiger partial charge < -0.3 is 10.8 Å². The van der Waals surface area contributed by atoms with Gasteiger partial charge in [-0.1, -0.05) is 30.3 Å². The van der Waals surface area contributed by atoms with Crippen molar-refractivity contribution >= 4 is 11.7 Å². The summed E-state index contributed by atoms with van der Waals surface area (Å²) in [5, 5.41) is 9.58. The zero-order valence-electron chi connectivity index (χ0n) is 11.1. The number of carboxylic acids is 1. The highest BCUT2D eigenvalue weighted by Crippen LogP contribution is 2.33. The van der Waals surface area contributed by atoms with Crippen LogP contribution in [-0.4, -0.2) is 11.1 Å². The number of benzene rings is 2. The summed E-state index contributed by atoms with van der Waals surface area (Å²) >= 11 is 0. The van der Waals surface area contributed by atoms with Gasteiger partial charge in [-0.15, -0.1) is 0 Å². The number of carbonyl (C=O) groups is 1. The summed E-state index contributed by atoms with van der Waals surface area (Å²) < 4.78 is 13.4. The molecule has 0 radical (unpaired) electrons. The van der Waals surface area contributed by atoms with Gasteiger partial charge in [0.1, 0.15) is 5.82 Å². The zero-order chi connectivity index (χ0) is 14.8. The van der Waals surface area contributed by atoms with Crippen LogP contribution in [0, 0.1) is 5.82 Å². The van der Waals surface area contributed by atoms with Gasteiger partial charge in [-0.25, -0.2) is 4.39 Å². The second kappa shape index (κ2) is 5.33. The van der Waals surface area contributed by atoms with Crippen LogP contribution < -0.4 is 5.73 Å². The van der Waals surface area contributed by atoms with Crippen LogP contribution in [0.15, 0.2) is 48.5 Å². The van der Waals surface area contributed by atoms with Crippen LogP contribution in [0.4, 0.5) is 10.1 Å². The summed E-state index contributed by atoms with van der Waals surface area (Å²) in [6, 6.07) is 13.1. The average Bonchev–Trinajstić information content (AvgIpc) is 2.42. The zero-order valence-corrected chi connectivity index (χ0v) is 11.1. The molecule has 1 atom stereocenters. The molecule has 0 aliphatic rings. The Kier molecular flexibility index (Phi) is 3.74. The number of rotatable bonds is 4. The van der Waals surface area contributed by atoms with Crippen molar-refractivity contribution in [2.45, 2.75) is 18.8 Å². The lowest BCUT2D eigenvalue weighted by atomic mass is 9.76. The van der Waals surface area contributed by atoms with Gasteiger partial charge in [-0.3, -0.25) is 4.79 Å². The highest BCUT2D eigenvalue weighted by Gasteiger charge is 2.37. The van der Waals surface area contributed by atoms with Crippen molar-refractivity contribution in [3.05, 3.63) is 65.5 Å². The number of hydrogen-bond acceptors (Lipinski definition) is 2. The molecular formula is C16H16FNO2. The Labute approximate surface area is 116 Å². The van der Waals surface area contributed by atoms with E-state index in [-0.39, 0.29) is 12.1 Å². The smallest absolute Gasteiger partial charge is 0.314 e. The van der Waals surface area contributed by atoms with Crippen LogP contribution in [0.3, 0.4) is 0 Å². The lowest BCUT2D eigenvalue weighted by molar-refractivity contribution is -0.143. The molecule has 3 N–H and O–H groups in total. The molecule has 2 aromatic carbocycles. The first-order valence-corrected chi connectivity index (χ1v) is 6.26. The van der Waals surface area contributed by atoms with Gasteiger partial charge in [0.15, 0.2) is 0 Å². The molecule has 0 amide bonds. The van der Waals surface area contributed by atoms with Gasteiger partial charge >= 0.3 is 5.97 Å². The fraction of sp³-hybridized carbons (Fsp3) is 0.188. The monoisotopic (exact) mass is 273 g/mol. The predicted molar refractivity (Wildman–Crippen MR) is 75.9 cm³/mol. The molecular weight excluding hydrogens is 257 g/mol. The number of nitrogens with two attached hydrogens (primary N) is 1. The normalized spacial score (nSPS) is 13.7. The van der Waals surface area contributed by atoms with E-state index in [9.17, 15) is 14.3 Å². The second-order valence-corrected chi connectivity index (χ2v) is 5.03. The van der Waals surface area contributed by atoms with E-state index < -0.39 is 17.2 Å². The molecule has 1 unspecified atom stereocenters. The van der Waals surface area contributed by atoms with Crippen LogP contribution in [0.1, 0.15) is 18.1 Å². The average molecular weight is 273 g/mol. The topological polar surface area (TPSA) is 63.3 Å². The van der Waals surface area contributed by atoms with Crippen molar-refractivity contribution in [1.82, 2.24) is 0 Å². The fourth-order valence-electron chi connectivity index (χ4n) is 2.30. The Balaban J connectivity index is 2.49. The van der Waals surface area contributed by atoms with Crippen molar-refractivity contribution < 1.29 is 14.3 Å². The van der Waals surface area contributed by atoms with Gasteiger partial charge in [0, 0.05) is 5.69 Å². The first-order valence-electron chi connectivity index (χ1n) is 6.26. The lowest BCUT2D eigenvalue weighted by Crippen LogP contribution is -2.35. The Morgan fingerprint density at radius 2 is 1.90 bits per heavy atom. The first-order chi connectivity index (χ1) is 9.43. The molecule has 0 aliphatic carbocycles. The number of halogens is 1. The fourth-order valence-corrected chi connectivity index (χ4v) is 2.30. The third-order valence-electron chi connectivity index (χ3n) is 3.48. The van der Waals surface area contributed by atoms with Crippen LogP contribution >= 0.6 is 0 Å². The van der Waals surface area contributed by atoms with Crippen LogP contribution in [0.2, 0.25) is 0 Å². The highest BCUT2D eigenvalue weighted by molar-refractivity contribution is 5.83. The molecule has 104 valence electrons. The Bertz CT molecular complexity index is 628. The van der Waals surface area contributed by atoms with Crippen LogP contribution in [0.5, 0.6) is 0 Å². The van der Waals surface area contributed by atoms with Crippen molar-refractivity contribution in [3.63, 3.8) is 0 Å². The number of carboxylic acid groups (broad SMARTS) is 1. The number of anilines is 1. The van der Waals surface area contributed by atoms with Crippen molar-refractivity contribution in [2.75, 3.05) is 5.73 Å². The van der Waals surface area contributed by atoms with E-state index in [0.717, 1.165) is 5.56 Å². The van der Waals surface area contributed by atoms with E-state index in [1.165, 1.54) is 18.2 Å². The van der Waals surface area contributed by atoms with E-state index in [4.69, 9.17) is 5.73 Å². The third-order valence-corrected chi connectivity index (χ3v) is 3.48. The number of hydrogen-bond donors (Lipinski definition) is 2. The Morgan fingerprint density at radius 3 is 2.50 bits per heavy atom. The molecule has 0 saturated carbocycles. The summed E-state index contributed by atoms with van der Waals surface area (Å²) in [4.78, 5) is 11.7. The molecule has 3 nitrogen and oxygen atoms in total. The molecule has 0 fully saturated rings.